The standard InChI is InChI=1S/C17H24N4O2/c1-4-21(17-19-12(2)9-13(3)20-17)15-7-5-14(6-8-15)18-10-16(23)11-22/h5-9,16,18,22-23H,4,10-11H2,1-3H3. The first-order valence-electron chi connectivity index (χ1n) is 7.76. The van der Waals surface area contributed by atoms with E-state index in [1.807, 2.05) is 49.1 Å². The third kappa shape index (κ3) is 4.64. The molecule has 23 heavy (non-hydrogen) atoms. The molecule has 2 aromatic rings. The van der Waals surface area contributed by atoms with Crippen LogP contribution in [0.3, 0.4) is 0 Å². The highest BCUT2D eigenvalue weighted by Gasteiger charge is 2.11. The van der Waals surface area contributed by atoms with E-state index in [0.717, 1.165) is 29.3 Å². The van der Waals surface area contributed by atoms with Crippen molar-refractivity contribution in [3.8, 4) is 0 Å². The SMILES string of the molecule is CCN(c1ccc(NCC(O)CO)cc1)c1nc(C)cc(C)n1. The zero-order chi connectivity index (χ0) is 16.8. The highest BCUT2D eigenvalue weighted by Crippen LogP contribution is 2.24. The summed E-state index contributed by atoms with van der Waals surface area (Å²) >= 11 is 0. The molecule has 0 fully saturated rings. The van der Waals surface area contributed by atoms with Gasteiger partial charge in [-0.2, -0.15) is 0 Å². The lowest BCUT2D eigenvalue weighted by atomic mass is 10.2. The van der Waals surface area contributed by atoms with Crippen LogP contribution in [0, 0.1) is 13.8 Å². The van der Waals surface area contributed by atoms with Gasteiger partial charge in [-0.3, -0.25) is 0 Å². The molecule has 6 heteroatoms. The lowest BCUT2D eigenvalue weighted by molar-refractivity contribution is 0.105. The fourth-order valence-corrected chi connectivity index (χ4v) is 2.33. The minimum absolute atomic E-state index is 0.251. The van der Waals surface area contributed by atoms with Crippen LogP contribution >= 0.6 is 0 Å². The largest absolute Gasteiger partial charge is 0.394 e. The van der Waals surface area contributed by atoms with Crippen molar-refractivity contribution in [1.82, 2.24) is 9.97 Å². The molecule has 1 heterocycles. The molecule has 0 aliphatic heterocycles. The fourth-order valence-electron chi connectivity index (χ4n) is 2.33. The van der Waals surface area contributed by atoms with Crippen LogP contribution in [-0.4, -0.2) is 46.0 Å². The summed E-state index contributed by atoms with van der Waals surface area (Å²) in [4.78, 5) is 11.1. The lowest BCUT2D eigenvalue weighted by Crippen LogP contribution is -2.23. The van der Waals surface area contributed by atoms with Gasteiger partial charge in [0.15, 0.2) is 0 Å². The van der Waals surface area contributed by atoms with Crippen LogP contribution in [0.4, 0.5) is 17.3 Å². The second-order valence-corrected chi connectivity index (χ2v) is 5.46. The number of nitrogens with one attached hydrogen (secondary N) is 1. The van der Waals surface area contributed by atoms with Crippen LogP contribution in [0.2, 0.25) is 0 Å². The summed E-state index contributed by atoms with van der Waals surface area (Å²) in [7, 11) is 0. The smallest absolute Gasteiger partial charge is 0.230 e. The molecule has 0 aliphatic carbocycles. The average Bonchev–Trinajstić information content (AvgIpc) is 2.53. The van der Waals surface area contributed by atoms with E-state index in [1.54, 1.807) is 0 Å². The van der Waals surface area contributed by atoms with Gasteiger partial charge < -0.3 is 20.4 Å². The number of aryl methyl sites for hydroxylation is 2. The summed E-state index contributed by atoms with van der Waals surface area (Å²) in [5.74, 6) is 0.696. The minimum Gasteiger partial charge on any atom is -0.394 e. The van der Waals surface area contributed by atoms with Crippen LogP contribution < -0.4 is 10.2 Å². The van der Waals surface area contributed by atoms with Crippen LogP contribution in [-0.2, 0) is 0 Å². The number of hydrogen-bond acceptors (Lipinski definition) is 6. The average molecular weight is 316 g/mol. The Bertz CT molecular complexity index is 611. The Labute approximate surface area is 136 Å². The van der Waals surface area contributed by atoms with Gasteiger partial charge in [0.2, 0.25) is 5.95 Å². The molecule has 3 N–H and O–H groups in total. The van der Waals surface area contributed by atoms with E-state index in [1.165, 1.54) is 0 Å². The second-order valence-electron chi connectivity index (χ2n) is 5.46. The van der Waals surface area contributed by atoms with Gasteiger partial charge in [-0.25, -0.2) is 9.97 Å². The van der Waals surface area contributed by atoms with Crippen molar-refractivity contribution >= 4 is 17.3 Å². The maximum atomic E-state index is 9.36. The first-order valence-corrected chi connectivity index (χ1v) is 7.76. The third-order valence-corrected chi connectivity index (χ3v) is 3.46. The van der Waals surface area contributed by atoms with Gasteiger partial charge in [-0.15, -0.1) is 0 Å². The van der Waals surface area contributed by atoms with Crippen LogP contribution in [0.15, 0.2) is 30.3 Å². The van der Waals surface area contributed by atoms with Crippen molar-refractivity contribution in [3.63, 3.8) is 0 Å². The van der Waals surface area contributed by atoms with E-state index in [9.17, 15) is 5.11 Å². The van der Waals surface area contributed by atoms with Gasteiger partial charge >= 0.3 is 0 Å². The van der Waals surface area contributed by atoms with Gasteiger partial charge in [0.1, 0.15) is 0 Å². The summed E-state index contributed by atoms with van der Waals surface area (Å²) in [6.45, 7) is 6.81. The molecule has 0 bridgehead atoms. The molecule has 1 atom stereocenters. The van der Waals surface area contributed by atoms with Gasteiger partial charge in [-0.1, -0.05) is 0 Å². The second kappa shape index (κ2) is 7.89. The van der Waals surface area contributed by atoms with E-state index in [2.05, 4.69) is 22.2 Å². The lowest BCUT2D eigenvalue weighted by Gasteiger charge is -2.22. The first-order chi connectivity index (χ1) is 11.0. The maximum absolute atomic E-state index is 9.36. The van der Waals surface area contributed by atoms with Gasteiger partial charge in [0.05, 0.1) is 12.7 Å². The van der Waals surface area contributed by atoms with E-state index >= 15 is 0 Å². The quantitative estimate of drug-likeness (QED) is 0.725. The van der Waals surface area contributed by atoms with Crippen molar-refractivity contribution in [2.24, 2.45) is 0 Å². The molecule has 0 amide bonds. The Morgan fingerprint density at radius 2 is 1.74 bits per heavy atom. The molecule has 6 nitrogen and oxygen atoms in total. The molecule has 0 radical (unpaired) electrons. The Morgan fingerprint density at radius 3 is 2.26 bits per heavy atom. The number of anilines is 3. The van der Waals surface area contributed by atoms with Crippen LogP contribution in [0.1, 0.15) is 18.3 Å². The summed E-state index contributed by atoms with van der Waals surface area (Å²) < 4.78 is 0. The Kier molecular flexibility index (Phi) is 5.90. The predicted octanol–water partition coefficient (Wildman–Crippen LogP) is 2.02. The van der Waals surface area contributed by atoms with E-state index in [0.29, 0.717) is 12.5 Å². The minimum atomic E-state index is -0.759. The zero-order valence-electron chi connectivity index (χ0n) is 13.8. The summed E-state index contributed by atoms with van der Waals surface area (Å²) in [6.07, 6.45) is -0.759. The molecular formula is C17H24N4O2. The Morgan fingerprint density at radius 1 is 1.13 bits per heavy atom. The van der Waals surface area contributed by atoms with Crippen molar-refractivity contribution in [3.05, 3.63) is 41.7 Å². The van der Waals surface area contributed by atoms with E-state index < -0.39 is 6.10 Å². The number of nitrogens with zero attached hydrogens (tertiary/aromatic N) is 3. The molecule has 2 rings (SSSR count). The number of aliphatic hydroxyl groups is 2. The normalized spacial score (nSPS) is 12.0. The maximum Gasteiger partial charge on any atom is 0.230 e. The molecule has 1 unspecified atom stereocenters. The van der Waals surface area contributed by atoms with Crippen molar-refractivity contribution in [2.45, 2.75) is 26.9 Å². The van der Waals surface area contributed by atoms with E-state index in [4.69, 9.17) is 5.11 Å². The zero-order valence-corrected chi connectivity index (χ0v) is 13.8. The van der Waals surface area contributed by atoms with Gasteiger partial charge in [0, 0.05) is 35.9 Å². The number of aliphatic hydroxyl groups excluding tert-OH is 2. The highest BCUT2D eigenvalue weighted by atomic mass is 16.3. The van der Waals surface area contributed by atoms with Crippen LogP contribution in [0.5, 0.6) is 0 Å². The van der Waals surface area contributed by atoms with Crippen molar-refractivity contribution in [2.75, 3.05) is 29.9 Å². The van der Waals surface area contributed by atoms with Gasteiger partial charge in [0.25, 0.3) is 0 Å². The number of hydrogen-bond donors (Lipinski definition) is 3. The predicted molar refractivity (Wildman–Crippen MR) is 92.2 cm³/mol. The number of benzene rings is 1. The number of aromatic nitrogens is 2. The summed E-state index contributed by atoms with van der Waals surface area (Å²) in [6, 6.07) is 9.79. The molecule has 0 saturated carbocycles. The Hall–Kier alpha value is -2.18. The van der Waals surface area contributed by atoms with Gasteiger partial charge in [-0.05, 0) is 51.1 Å². The topological polar surface area (TPSA) is 81.5 Å². The monoisotopic (exact) mass is 316 g/mol. The summed E-state index contributed by atoms with van der Waals surface area (Å²) in [5.41, 5.74) is 3.79. The van der Waals surface area contributed by atoms with Crippen LogP contribution in [0.25, 0.3) is 0 Å². The van der Waals surface area contributed by atoms with Crippen molar-refractivity contribution < 1.29 is 10.2 Å². The molecule has 1 aromatic carbocycles. The van der Waals surface area contributed by atoms with E-state index in [-0.39, 0.29) is 6.61 Å². The molecule has 0 aliphatic rings. The summed E-state index contributed by atoms with van der Waals surface area (Å²) in [5, 5.41) is 21.3. The highest BCUT2D eigenvalue weighted by molar-refractivity contribution is 5.61. The van der Waals surface area contributed by atoms with Crippen molar-refractivity contribution in [1.29, 1.82) is 0 Å². The molecule has 0 spiro atoms. The molecule has 1 aromatic heterocycles. The first kappa shape index (κ1) is 17.2. The molecule has 0 saturated heterocycles. The fraction of sp³-hybridized carbons (Fsp3) is 0.412. The third-order valence-electron chi connectivity index (χ3n) is 3.46. The number of rotatable bonds is 7. The molecule has 124 valence electrons. The molecular weight excluding hydrogens is 292 g/mol. The Balaban J connectivity index is 2.15.